The van der Waals surface area contributed by atoms with Gasteiger partial charge in [0.2, 0.25) is 5.91 Å². The van der Waals surface area contributed by atoms with Crippen LogP contribution in [0.3, 0.4) is 0 Å². The standard InChI is InChI=1S/C15H19NO3/c1-8(2)10-6-4-5-9(3)13(10)16-14(17)11-7-12(11)15(18)19/h4-6,8,11-12H,7H2,1-3H3,(H,16,17)(H,18,19)/t11-,12+/m1/s1. The summed E-state index contributed by atoms with van der Waals surface area (Å²) in [6, 6.07) is 5.91. The Hall–Kier alpha value is -1.84. The number of benzene rings is 1. The number of rotatable bonds is 4. The highest BCUT2D eigenvalue weighted by molar-refractivity contribution is 5.99. The average molecular weight is 261 g/mol. The van der Waals surface area contributed by atoms with Crippen molar-refractivity contribution in [3.8, 4) is 0 Å². The predicted octanol–water partition coefficient (Wildman–Crippen LogP) is 2.78. The second kappa shape index (κ2) is 5.03. The fourth-order valence-electron chi connectivity index (χ4n) is 2.32. The number of hydrogen-bond donors (Lipinski definition) is 2. The number of carbonyl (C=O) groups excluding carboxylic acids is 1. The molecular formula is C15H19NO3. The van der Waals surface area contributed by atoms with Crippen LogP contribution in [-0.4, -0.2) is 17.0 Å². The fourth-order valence-corrected chi connectivity index (χ4v) is 2.32. The first-order chi connectivity index (χ1) is 8.91. The Kier molecular flexibility index (Phi) is 3.60. The lowest BCUT2D eigenvalue weighted by Gasteiger charge is -2.16. The Morgan fingerprint density at radius 2 is 2.00 bits per heavy atom. The van der Waals surface area contributed by atoms with Gasteiger partial charge in [-0.1, -0.05) is 32.0 Å². The molecule has 4 nitrogen and oxygen atoms in total. The van der Waals surface area contributed by atoms with E-state index in [2.05, 4.69) is 19.2 Å². The SMILES string of the molecule is Cc1cccc(C(C)C)c1NC(=O)[C@@H]1C[C@@H]1C(=O)O. The zero-order chi connectivity index (χ0) is 14.2. The first-order valence-corrected chi connectivity index (χ1v) is 6.55. The van der Waals surface area contributed by atoms with E-state index in [1.165, 1.54) is 0 Å². The van der Waals surface area contributed by atoms with Crippen LogP contribution in [0.4, 0.5) is 5.69 Å². The number of carboxylic acid groups (broad SMARTS) is 1. The summed E-state index contributed by atoms with van der Waals surface area (Å²) in [5, 5.41) is 11.8. The van der Waals surface area contributed by atoms with Gasteiger partial charge < -0.3 is 10.4 Å². The van der Waals surface area contributed by atoms with Gasteiger partial charge in [0, 0.05) is 5.69 Å². The summed E-state index contributed by atoms with van der Waals surface area (Å²) < 4.78 is 0. The first-order valence-electron chi connectivity index (χ1n) is 6.55. The van der Waals surface area contributed by atoms with Gasteiger partial charge in [-0.25, -0.2) is 0 Å². The molecule has 0 unspecified atom stereocenters. The van der Waals surface area contributed by atoms with Crippen LogP contribution in [-0.2, 0) is 9.59 Å². The lowest BCUT2D eigenvalue weighted by Crippen LogP contribution is -2.18. The van der Waals surface area contributed by atoms with E-state index in [1.54, 1.807) is 0 Å². The van der Waals surface area contributed by atoms with E-state index in [-0.39, 0.29) is 11.8 Å². The number of nitrogens with one attached hydrogen (secondary N) is 1. The number of anilines is 1. The van der Waals surface area contributed by atoms with Crippen molar-refractivity contribution in [2.45, 2.75) is 33.1 Å². The minimum absolute atomic E-state index is 0.177. The number of aryl methyl sites for hydroxylation is 1. The molecule has 1 aliphatic rings. The molecule has 1 aromatic carbocycles. The highest BCUT2D eigenvalue weighted by Gasteiger charge is 2.48. The molecule has 1 fully saturated rings. The van der Waals surface area contributed by atoms with Gasteiger partial charge in [-0.15, -0.1) is 0 Å². The van der Waals surface area contributed by atoms with Crippen molar-refractivity contribution in [3.63, 3.8) is 0 Å². The second-order valence-corrected chi connectivity index (χ2v) is 5.47. The fraction of sp³-hybridized carbons (Fsp3) is 0.467. The van der Waals surface area contributed by atoms with Crippen molar-refractivity contribution in [2.24, 2.45) is 11.8 Å². The molecule has 2 N–H and O–H groups in total. The lowest BCUT2D eigenvalue weighted by atomic mass is 9.98. The minimum atomic E-state index is -0.881. The maximum Gasteiger partial charge on any atom is 0.307 e. The molecule has 0 heterocycles. The number of para-hydroxylation sites is 1. The molecule has 1 saturated carbocycles. The van der Waals surface area contributed by atoms with Crippen LogP contribution in [0, 0.1) is 18.8 Å². The normalized spacial score (nSPS) is 21.3. The summed E-state index contributed by atoms with van der Waals surface area (Å²) >= 11 is 0. The molecular weight excluding hydrogens is 242 g/mol. The Bertz CT molecular complexity index is 522. The van der Waals surface area contributed by atoms with Gasteiger partial charge in [0.1, 0.15) is 0 Å². The molecule has 1 aromatic rings. The van der Waals surface area contributed by atoms with Crippen LogP contribution in [0.5, 0.6) is 0 Å². The van der Waals surface area contributed by atoms with Gasteiger partial charge >= 0.3 is 5.97 Å². The Balaban J connectivity index is 2.16. The topological polar surface area (TPSA) is 66.4 Å². The van der Waals surface area contributed by atoms with E-state index in [9.17, 15) is 9.59 Å². The molecule has 1 amide bonds. The predicted molar refractivity (Wildman–Crippen MR) is 73.1 cm³/mol. The maximum absolute atomic E-state index is 12.0. The van der Waals surface area contributed by atoms with Gasteiger partial charge in [-0.2, -0.15) is 0 Å². The Morgan fingerprint density at radius 1 is 1.32 bits per heavy atom. The van der Waals surface area contributed by atoms with Crippen LogP contribution in [0.2, 0.25) is 0 Å². The van der Waals surface area contributed by atoms with E-state index in [4.69, 9.17) is 5.11 Å². The van der Waals surface area contributed by atoms with Crippen molar-refractivity contribution in [1.82, 2.24) is 0 Å². The molecule has 102 valence electrons. The second-order valence-electron chi connectivity index (χ2n) is 5.47. The third kappa shape index (κ3) is 2.78. The molecule has 0 aliphatic heterocycles. The minimum Gasteiger partial charge on any atom is -0.481 e. The van der Waals surface area contributed by atoms with Crippen LogP contribution in [0.1, 0.15) is 37.3 Å². The van der Waals surface area contributed by atoms with E-state index < -0.39 is 11.9 Å². The summed E-state index contributed by atoms with van der Waals surface area (Å²) in [6.07, 6.45) is 0.448. The van der Waals surface area contributed by atoms with Crippen molar-refractivity contribution >= 4 is 17.6 Å². The molecule has 4 heteroatoms. The maximum atomic E-state index is 12.0. The molecule has 0 radical (unpaired) electrons. The average Bonchev–Trinajstić information content (AvgIpc) is 3.11. The number of aliphatic carboxylic acids is 1. The zero-order valence-electron chi connectivity index (χ0n) is 11.4. The molecule has 0 aromatic heterocycles. The zero-order valence-corrected chi connectivity index (χ0v) is 11.4. The van der Waals surface area contributed by atoms with Crippen molar-refractivity contribution in [1.29, 1.82) is 0 Å². The third-order valence-corrected chi connectivity index (χ3v) is 3.62. The summed E-state index contributed by atoms with van der Waals surface area (Å²) in [4.78, 5) is 22.8. The molecule has 0 saturated heterocycles. The van der Waals surface area contributed by atoms with Gasteiger partial charge in [0.05, 0.1) is 11.8 Å². The van der Waals surface area contributed by atoms with Gasteiger partial charge in [0.25, 0.3) is 0 Å². The van der Waals surface area contributed by atoms with Crippen molar-refractivity contribution in [3.05, 3.63) is 29.3 Å². The van der Waals surface area contributed by atoms with E-state index in [0.717, 1.165) is 16.8 Å². The molecule has 0 spiro atoms. The number of carboxylic acids is 1. The molecule has 2 atom stereocenters. The van der Waals surface area contributed by atoms with Crippen LogP contribution < -0.4 is 5.32 Å². The van der Waals surface area contributed by atoms with Crippen molar-refractivity contribution in [2.75, 3.05) is 5.32 Å². The quantitative estimate of drug-likeness (QED) is 0.875. The third-order valence-electron chi connectivity index (χ3n) is 3.62. The molecule has 1 aliphatic carbocycles. The monoisotopic (exact) mass is 261 g/mol. The lowest BCUT2D eigenvalue weighted by molar-refractivity contribution is -0.139. The van der Waals surface area contributed by atoms with Gasteiger partial charge in [-0.3, -0.25) is 9.59 Å². The van der Waals surface area contributed by atoms with Gasteiger partial charge in [-0.05, 0) is 30.4 Å². The summed E-state index contributed by atoms with van der Waals surface area (Å²) in [5.74, 6) is -1.63. The first kappa shape index (κ1) is 13.6. The number of hydrogen-bond acceptors (Lipinski definition) is 2. The summed E-state index contributed by atoms with van der Waals surface area (Å²) in [5.41, 5.74) is 2.92. The molecule has 19 heavy (non-hydrogen) atoms. The van der Waals surface area contributed by atoms with Crippen LogP contribution >= 0.6 is 0 Å². The Labute approximate surface area is 112 Å². The summed E-state index contributed by atoms with van der Waals surface area (Å²) in [6.45, 7) is 6.09. The van der Waals surface area contributed by atoms with E-state index in [0.29, 0.717) is 12.3 Å². The number of carbonyl (C=O) groups is 2. The molecule has 2 rings (SSSR count). The highest BCUT2D eigenvalue weighted by atomic mass is 16.4. The van der Waals surface area contributed by atoms with Crippen LogP contribution in [0.25, 0.3) is 0 Å². The largest absolute Gasteiger partial charge is 0.481 e. The summed E-state index contributed by atoms with van der Waals surface area (Å²) in [7, 11) is 0. The smallest absolute Gasteiger partial charge is 0.307 e. The highest BCUT2D eigenvalue weighted by Crippen LogP contribution is 2.40. The number of amides is 1. The van der Waals surface area contributed by atoms with Crippen LogP contribution in [0.15, 0.2) is 18.2 Å². The van der Waals surface area contributed by atoms with E-state index in [1.807, 2.05) is 25.1 Å². The Morgan fingerprint density at radius 3 is 2.53 bits per heavy atom. The van der Waals surface area contributed by atoms with Crippen molar-refractivity contribution < 1.29 is 14.7 Å². The molecule has 0 bridgehead atoms. The van der Waals surface area contributed by atoms with Gasteiger partial charge in [0.15, 0.2) is 0 Å². The van der Waals surface area contributed by atoms with E-state index >= 15 is 0 Å².